The fourth-order valence-corrected chi connectivity index (χ4v) is 2.30. The summed E-state index contributed by atoms with van der Waals surface area (Å²) < 4.78 is 5.47. The second-order valence-electron chi connectivity index (χ2n) is 5.80. The number of hydrogen-bond acceptors (Lipinski definition) is 3. The highest BCUT2D eigenvalue weighted by Gasteiger charge is 2.21. The summed E-state index contributed by atoms with van der Waals surface area (Å²) >= 11 is 0. The predicted octanol–water partition coefficient (Wildman–Crippen LogP) is 0.961. The number of nitrogens with one attached hydrogen (secondary N) is 2. The van der Waals surface area contributed by atoms with Crippen molar-refractivity contribution in [3.8, 4) is 0 Å². The Labute approximate surface area is 131 Å². The van der Waals surface area contributed by atoms with E-state index >= 15 is 0 Å². The molecule has 0 saturated carbocycles. The molecule has 0 aliphatic rings. The molecule has 0 radical (unpaired) electrons. The zero-order valence-corrected chi connectivity index (χ0v) is 13.6. The van der Waals surface area contributed by atoms with Crippen LogP contribution in [0.15, 0.2) is 47.1 Å². The van der Waals surface area contributed by atoms with E-state index in [9.17, 15) is 4.79 Å². The van der Waals surface area contributed by atoms with Gasteiger partial charge in [-0.2, -0.15) is 0 Å². The molecular weight excluding hydrogens is 278 g/mol. The van der Waals surface area contributed by atoms with Crippen molar-refractivity contribution in [3.63, 3.8) is 0 Å². The smallest absolute Gasteiger partial charge is 0.251 e. The molecule has 5 heteroatoms. The topological polar surface area (TPSA) is 49.9 Å². The third-order valence-electron chi connectivity index (χ3n) is 3.68. The molecule has 1 aromatic carbocycles. The van der Waals surface area contributed by atoms with E-state index in [1.165, 1.54) is 4.90 Å². The molecule has 0 saturated heterocycles. The van der Waals surface area contributed by atoms with Gasteiger partial charge in [-0.15, -0.1) is 0 Å². The van der Waals surface area contributed by atoms with E-state index < -0.39 is 0 Å². The summed E-state index contributed by atoms with van der Waals surface area (Å²) in [7, 11) is 8.01. The molecule has 0 spiro atoms. The molecule has 1 amide bonds. The van der Waals surface area contributed by atoms with Crippen LogP contribution in [0.4, 0.5) is 5.69 Å². The molecule has 0 fully saturated rings. The number of carbonyl (C=O) groups is 1. The van der Waals surface area contributed by atoms with Gasteiger partial charge in [-0.25, -0.2) is 0 Å². The standard InChI is InChI=1S/C17H23N3O2/c1-19(2)14-8-5-7-13(11-14)17(21)18-12-15(20(3)4)16-9-6-10-22-16/h5-11,15H,12H2,1-4H3,(H,18,21)/p+1/t15-/m1/s1. The van der Waals surface area contributed by atoms with Gasteiger partial charge in [0.1, 0.15) is 0 Å². The SMILES string of the molecule is CN(C)c1cccc(C(=O)NC[C@H](c2ccco2)[NH+](C)C)c1. The lowest BCUT2D eigenvalue weighted by molar-refractivity contribution is -0.891. The summed E-state index contributed by atoms with van der Waals surface area (Å²) in [6, 6.07) is 11.5. The average Bonchev–Trinajstić information content (AvgIpc) is 3.01. The number of amides is 1. The van der Waals surface area contributed by atoms with Crippen molar-refractivity contribution in [2.75, 3.05) is 39.6 Å². The number of nitrogens with zero attached hydrogens (tertiary/aromatic N) is 1. The number of anilines is 1. The van der Waals surface area contributed by atoms with Crippen LogP contribution in [0.5, 0.6) is 0 Å². The van der Waals surface area contributed by atoms with Gasteiger partial charge in [0.05, 0.1) is 26.9 Å². The number of likely N-dealkylation sites (N-methyl/N-ethyl adjacent to an activating group) is 1. The lowest BCUT2D eigenvalue weighted by atomic mass is 10.1. The van der Waals surface area contributed by atoms with Crippen LogP contribution in [0.3, 0.4) is 0 Å². The second kappa shape index (κ2) is 7.13. The molecule has 1 aromatic heterocycles. The van der Waals surface area contributed by atoms with Crippen LogP contribution >= 0.6 is 0 Å². The van der Waals surface area contributed by atoms with Gasteiger partial charge >= 0.3 is 0 Å². The summed E-state index contributed by atoms with van der Waals surface area (Å²) in [5, 5.41) is 3.00. The third kappa shape index (κ3) is 3.89. The van der Waals surface area contributed by atoms with Gasteiger partial charge in [-0.3, -0.25) is 4.79 Å². The van der Waals surface area contributed by atoms with Crippen molar-refractivity contribution in [2.24, 2.45) is 0 Å². The zero-order valence-electron chi connectivity index (χ0n) is 13.6. The fourth-order valence-electron chi connectivity index (χ4n) is 2.30. The minimum Gasteiger partial charge on any atom is -0.463 e. The highest BCUT2D eigenvalue weighted by Crippen LogP contribution is 2.14. The molecule has 2 rings (SSSR count). The van der Waals surface area contributed by atoms with Crippen LogP contribution in [0.25, 0.3) is 0 Å². The molecule has 2 N–H and O–H groups in total. The zero-order chi connectivity index (χ0) is 16.1. The lowest BCUT2D eigenvalue weighted by Crippen LogP contribution is -3.07. The molecule has 5 nitrogen and oxygen atoms in total. The van der Waals surface area contributed by atoms with E-state index in [1.807, 2.05) is 69.5 Å². The summed E-state index contributed by atoms with van der Waals surface area (Å²) in [5.74, 6) is 0.809. The van der Waals surface area contributed by atoms with Gasteiger partial charge in [0.15, 0.2) is 11.8 Å². The van der Waals surface area contributed by atoms with Crippen LogP contribution in [0, 0.1) is 0 Å². The van der Waals surface area contributed by atoms with E-state index in [1.54, 1.807) is 6.26 Å². The Morgan fingerprint density at radius 3 is 2.64 bits per heavy atom. The Bertz CT molecular complexity index is 606. The number of benzene rings is 1. The summed E-state index contributed by atoms with van der Waals surface area (Å²) in [6.45, 7) is 0.529. The maximum Gasteiger partial charge on any atom is 0.251 e. The van der Waals surface area contributed by atoms with Crippen LogP contribution in [-0.4, -0.2) is 40.6 Å². The number of furan rings is 1. The largest absolute Gasteiger partial charge is 0.463 e. The van der Waals surface area contributed by atoms with E-state index in [0.29, 0.717) is 12.1 Å². The Morgan fingerprint density at radius 1 is 1.27 bits per heavy atom. The number of quaternary nitrogens is 1. The van der Waals surface area contributed by atoms with Crippen molar-refractivity contribution in [2.45, 2.75) is 6.04 Å². The van der Waals surface area contributed by atoms with Crippen molar-refractivity contribution < 1.29 is 14.1 Å². The Morgan fingerprint density at radius 2 is 2.05 bits per heavy atom. The Balaban J connectivity index is 2.04. The lowest BCUT2D eigenvalue weighted by Gasteiger charge is -2.20. The van der Waals surface area contributed by atoms with Gasteiger partial charge in [0.2, 0.25) is 0 Å². The molecule has 1 atom stereocenters. The first-order valence-electron chi connectivity index (χ1n) is 7.38. The van der Waals surface area contributed by atoms with Gasteiger partial charge in [-0.05, 0) is 30.3 Å². The highest BCUT2D eigenvalue weighted by molar-refractivity contribution is 5.95. The minimum atomic E-state index is -0.0680. The summed E-state index contributed by atoms with van der Waals surface area (Å²) in [5.41, 5.74) is 1.67. The highest BCUT2D eigenvalue weighted by atomic mass is 16.3. The number of rotatable bonds is 6. The fraction of sp³-hybridized carbons (Fsp3) is 0.353. The van der Waals surface area contributed by atoms with Gasteiger partial charge in [0, 0.05) is 25.3 Å². The molecule has 1 heterocycles. The first-order chi connectivity index (χ1) is 10.5. The second-order valence-corrected chi connectivity index (χ2v) is 5.80. The van der Waals surface area contributed by atoms with E-state index in [-0.39, 0.29) is 11.9 Å². The van der Waals surface area contributed by atoms with E-state index in [4.69, 9.17) is 4.42 Å². The summed E-state index contributed by atoms with van der Waals surface area (Å²) in [6.07, 6.45) is 1.66. The molecule has 22 heavy (non-hydrogen) atoms. The minimum absolute atomic E-state index is 0.0680. The van der Waals surface area contributed by atoms with Crippen molar-refractivity contribution in [3.05, 3.63) is 54.0 Å². The van der Waals surface area contributed by atoms with E-state index in [0.717, 1.165) is 11.4 Å². The van der Waals surface area contributed by atoms with Crippen LogP contribution < -0.4 is 15.1 Å². The third-order valence-corrected chi connectivity index (χ3v) is 3.68. The maximum atomic E-state index is 12.3. The maximum absolute atomic E-state index is 12.3. The molecule has 2 aromatic rings. The van der Waals surface area contributed by atoms with Crippen molar-refractivity contribution >= 4 is 11.6 Å². The van der Waals surface area contributed by atoms with E-state index in [2.05, 4.69) is 5.32 Å². The summed E-state index contributed by atoms with van der Waals surface area (Å²) in [4.78, 5) is 15.5. The van der Waals surface area contributed by atoms with Crippen molar-refractivity contribution in [1.82, 2.24) is 5.32 Å². The quantitative estimate of drug-likeness (QED) is 0.836. The predicted molar refractivity (Wildman–Crippen MR) is 87.4 cm³/mol. The first-order valence-corrected chi connectivity index (χ1v) is 7.38. The number of hydrogen-bond donors (Lipinski definition) is 2. The molecular formula is C17H24N3O2+. The van der Waals surface area contributed by atoms with Gasteiger partial charge in [-0.1, -0.05) is 6.07 Å². The Hall–Kier alpha value is -2.27. The van der Waals surface area contributed by atoms with Gasteiger partial charge in [0.25, 0.3) is 5.91 Å². The normalized spacial score (nSPS) is 12.2. The van der Waals surface area contributed by atoms with Gasteiger partial charge < -0.3 is 19.5 Å². The average molecular weight is 302 g/mol. The van der Waals surface area contributed by atoms with Crippen molar-refractivity contribution in [1.29, 1.82) is 0 Å². The molecule has 0 aliphatic heterocycles. The van der Waals surface area contributed by atoms with Crippen LogP contribution in [-0.2, 0) is 0 Å². The Kier molecular flexibility index (Phi) is 5.22. The molecule has 118 valence electrons. The molecule has 0 unspecified atom stereocenters. The molecule has 0 aliphatic carbocycles. The molecule has 0 bridgehead atoms. The van der Waals surface area contributed by atoms with Crippen LogP contribution in [0.1, 0.15) is 22.2 Å². The van der Waals surface area contributed by atoms with Crippen LogP contribution in [0.2, 0.25) is 0 Å². The number of carbonyl (C=O) groups excluding carboxylic acids is 1. The first kappa shape index (κ1) is 16.1. The monoisotopic (exact) mass is 302 g/mol.